The first-order chi connectivity index (χ1) is 12.6. The van der Waals surface area contributed by atoms with Crippen LogP contribution >= 0.6 is 11.8 Å². The van der Waals surface area contributed by atoms with E-state index in [2.05, 4.69) is 0 Å². The molecule has 140 valence electrons. The minimum absolute atomic E-state index is 0.0957. The second kappa shape index (κ2) is 10.8. The third-order valence-electron chi connectivity index (χ3n) is 3.80. The minimum atomic E-state index is -0.234. The average molecular weight is 376 g/mol. The highest BCUT2D eigenvalue weighted by Crippen LogP contribution is 2.21. The van der Waals surface area contributed by atoms with Gasteiger partial charge in [-0.3, -0.25) is 4.79 Å². The molecule has 0 aromatic heterocycles. The van der Waals surface area contributed by atoms with Crippen LogP contribution in [0, 0.1) is 5.82 Å². The van der Waals surface area contributed by atoms with Gasteiger partial charge in [0.05, 0.1) is 0 Å². The van der Waals surface area contributed by atoms with Gasteiger partial charge in [0.2, 0.25) is 5.91 Å². The van der Waals surface area contributed by atoms with Crippen LogP contribution in [0.3, 0.4) is 0 Å². The van der Waals surface area contributed by atoms with Crippen molar-refractivity contribution in [3.63, 3.8) is 0 Å². The fraction of sp³-hybridized carbons (Fsp3) is 0.350. The fourth-order valence-corrected chi connectivity index (χ4v) is 3.28. The van der Waals surface area contributed by atoms with Crippen LogP contribution in [-0.4, -0.2) is 36.8 Å². The lowest BCUT2D eigenvalue weighted by Crippen LogP contribution is -2.26. The van der Waals surface area contributed by atoms with Crippen LogP contribution in [0.1, 0.15) is 18.4 Å². The predicted molar refractivity (Wildman–Crippen MR) is 104 cm³/mol. The van der Waals surface area contributed by atoms with Gasteiger partial charge in [0.15, 0.2) is 0 Å². The van der Waals surface area contributed by atoms with Gasteiger partial charge >= 0.3 is 0 Å². The van der Waals surface area contributed by atoms with Crippen LogP contribution in [0.15, 0.2) is 53.4 Å². The number of nitrogens with zero attached hydrogens (tertiary/aromatic N) is 1. The monoisotopic (exact) mass is 376 g/mol. The molecule has 2 N–H and O–H groups in total. The smallest absolute Gasteiger partial charge is 0.222 e. The third kappa shape index (κ3) is 6.69. The number of nitrogens with two attached hydrogens (primary N) is 1. The number of ether oxygens (including phenoxy) is 1. The molecule has 1 amide bonds. The van der Waals surface area contributed by atoms with E-state index in [1.54, 1.807) is 35.8 Å². The summed E-state index contributed by atoms with van der Waals surface area (Å²) in [5.74, 6) is 1.45. The Morgan fingerprint density at radius 3 is 2.65 bits per heavy atom. The molecule has 2 aromatic rings. The van der Waals surface area contributed by atoms with E-state index < -0.39 is 0 Å². The summed E-state index contributed by atoms with van der Waals surface area (Å²) >= 11 is 1.63. The van der Waals surface area contributed by atoms with Gasteiger partial charge < -0.3 is 15.4 Å². The van der Waals surface area contributed by atoms with Crippen LogP contribution < -0.4 is 10.5 Å². The molecule has 2 rings (SSSR count). The van der Waals surface area contributed by atoms with Gasteiger partial charge in [0.25, 0.3) is 0 Å². The number of carbonyl (C=O) groups excluding carboxylic acids is 1. The first kappa shape index (κ1) is 20.3. The molecule has 0 bridgehead atoms. The Labute approximate surface area is 158 Å². The van der Waals surface area contributed by atoms with Crippen molar-refractivity contribution >= 4 is 17.7 Å². The molecule has 0 saturated carbocycles. The lowest BCUT2D eigenvalue weighted by molar-refractivity contribution is -0.130. The van der Waals surface area contributed by atoms with Crippen molar-refractivity contribution in [2.75, 3.05) is 26.0 Å². The predicted octanol–water partition coefficient (Wildman–Crippen LogP) is 3.69. The minimum Gasteiger partial charge on any atom is -0.492 e. The van der Waals surface area contributed by atoms with Crippen LogP contribution in [0.25, 0.3) is 0 Å². The summed E-state index contributed by atoms with van der Waals surface area (Å²) in [6, 6.07) is 14.1. The first-order valence-corrected chi connectivity index (χ1v) is 9.62. The molecule has 0 fully saturated rings. The van der Waals surface area contributed by atoms with E-state index in [0.29, 0.717) is 26.1 Å². The molecule has 4 nitrogen and oxygen atoms in total. The van der Waals surface area contributed by atoms with E-state index in [1.807, 2.05) is 24.3 Å². The number of rotatable bonds is 10. The van der Waals surface area contributed by atoms with Crippen LogP contribution in [-0.2, 0) is 11.3 Å². The van der Waals surface area contributed by atoms with Gasteiger partial charge in [-0.15, -0.1) is 11.8 Å². The molecule has 0 heterocycles. The van der Waals surface area contributed by atoms with Crippen LogP contribution in [0.2, 0.25) is 0 Å². The standard InChI is InChI=1S/C20H25FN2O2S/c1-23(15-16-5-2-3-6-19(16)25-13-12-22)20(24)7-4-14-26-18-10-8-17(21)9-11-18/h2-3,5-6,8-11H,4,7,12-15,22H2,1H3. The largest absolute Gasteiger partial charge is 0.492 e. The highest BCUT2D eigenvalue weighted by molar-refractivity contribution is 7.99. The summed E-state index contributed by atoms with van der Waals surface area (Å²) in [5, 5.41) is 0. The molecule has 2 aromatic carbocycles. The molecule has 0 saturated heterocycles. The van der Waals surface area contributed by atoms with Gasteiger partial charge in [0, 0.05) is 37.0 Å². The Bertz CT molecular complexity index is 694. The number of hydrogen-bond donors (Lipinski definition) is 1. The van der Waals surface area contributed by atoms with E-state index in [9.17, 15) is 9.18 Å². The number of halogens is 1. The summed E-state index contributed by atoms with van der Waals surface area (Å²) in [6.07, 6.45) is 1.26. The summed E-state index contributed by atoms with van der Waals surface area (Å²) < 4.78 is 18.5. The quantitative estimate of drug-likeness (QED) is 0.507. The van der Waals surface area contributed by atoms with Gasteiger partial charge in [-0.1, -0.05) is 18.2 Å². The third-order valence-corrected chi connectivity index (χ3v) is 4.90. The second-order valence-electron chi connectivity index (χ2n) is 5.90. The Morgan fingerprint density at radius 1 is 1.19 bits per heavy atom. The molecule has 26 heavy (non-hydrogen) atoms. The van der Waals surface area contributed by atoms with E-state index >= 15 is 0 Å². The van der Waals surface area contributed by atoms with Gasteiger partial charge in [-0.25, -0.2) is 4.39 Å². The molecule has 6 heteroatoms. The summed E-state index contributed by atoms with van der Waals surface area (Å²) in [6.45, 7) is 1.41. The normalized spacial score (nSPS) is 10.6. The summed E-state index contributed by atoms with van der Waals surface area (Å²) in [7, 11) is 1.80. The number of amides is 1. The topological polar surface area (TPSA) is 55.6 Å². The van der Waals surface area contributed by atoms with Crippen molar-refractivity contribution in [2.24, 2.45) is 5.73 Å². The highest BCUT2D eigenvalue weighted by atomic mass is 32.2. The van der Waals surface area contributed by atoms with E-state index in [-0.39, 0.29) is 11.7 Å². The zero-order chi connectivity index (χ0) is 18.8. The van der Waals surface area contributed by atoms with E-state index in [4.69, 9.17) is 10.5 Å². The number of thioether (sulfide) groups is 1. The molecular weight excluding hydrogens is 351 g/mol. The number of para-hydroxylation sites is 1. The van der Waals surface area contributed by atoms with Crippen molar-refractivity contribution in [3.05, 3.63) is 59.9 Å². The van der Waals surface area contributed by atoms with Gasteiger partial charge in [-0.05, 0) is 42.5 Å². The van der Waals surface area contributed by atoms with Crippen molar-refractivity contribution in [3.8, 4) is 5.75 Å². The zero-order valence-electron chi connectivity index (χ0n) is 15.0. The number of benzene rings is 2. The maximum atomic E-state index is 12.9. The highest BCUT2D eigenvalue weighted by Gasteiger charge is 2.12. The van der Waals surface area contributed by atoms with E-state index in [0.717, 1.165) is 28.4 Å². The fourth-order valence-electron chi connectivity index (χ4n) is 2.42. The maximum Gasteiger partial charge on any atom is 0.222 e. The Hall–Kier alpha value is -2.05. The Balaban J connectivity index is 1.76. The van der Waals surface area contributed by atoms with Crippen molar-refractivity contribution in [1.29, 1.82) is 0 Å². The zero-order valence-corrected chi connectivity index (χ0v) is 15.8. The van der Waals surface area contributed by atoms with Gasteiger partial charge in [-0.2, -0.15) is 0 Å². The summed E-state index contributed by atoms with van der Waals surface area (Å²) in [5.41, 5.74) is 6.45. The maximum absolute atomic E-state index is 12.9. The average Bonchev–Trinajstić information content (AvgIpc) is 2.65. The second-order valence-corrected chi connectivity index (χ2v) is 7.07. The molecule has 0 aliphatic heterocycles. The lowest BCUT2D eigenvalue weighted by atomic mass is 10.2. The lowest BCUT2D eigenvalue weighted by Gasteiger charge is -2.19. The van der Waals surface area contributed by atoms with Crippen LogP contribution in [0.5, 0.6) is 5.75 Å². The first-order valence-electron chi connectivity index (χ1n) is 8.63. The van der Waals surface area contributed by atoms with Gasteiger partial charge in [0.1, 0.15) is 18.2 Å². The number of carbonyl (C=O) groups is 1. The Kier molecular flexibility index (Phi) is 8.44. The molecule has 0 unspecified atom stereocenters. The van der Waals surface area contributed by atoms with Crippen LogP contribution in [0.4, 0.5) is 4.39 Å². The van der Waals surface area contributed by atoms with E-state index in [1.165, 1.54) is 12.1 Å². The van der Waals surface area contributed by atoms with Crippen molar-refractivity contribution in [1.82, 2.24) is 4.90 Å². The molecule has 0 radical (unpaired) electrons. The number of hydrogen-bond acceptors (Lipinski definition) is 4. The summed E-state index contributed by atoms with van der Waals surface area (Å²) in [4.78, 5) is 15.1. The molecule has 0 aliphatic carbocycles. The molecule has 0 atom stereocenters. The van der Waals surface area contributed by atoms with Crippen molar-refractivity contribution in [2.45, 2.75) is 24.3 Å². The molecule has 0 aliphatic rings. The Morgan fingerprint density at radius 2 is 1.92 bits per heavy atom. The van der Waals surface area contributed by atoms with Crippen molar-refractivity contribution < 1.29 is 13.9 Å². The molecule has 0 spiro atoms. The molecular formula is C20H25FN2O2S. The SMILES string of the molecule is CN(Cc1ccccc1OCCN)C(=O)CCCSc1ccc(F)cc1.